The SMILES string of the molecule is O=C(NCCc1ccc2c(c1)OCO2)c1ccccc1SCC(=O)N1CCCC1. The maximum absolute atomic E-state index is 12.7. The van der Waals surface area contributed by atoms with Crippen LogP contribution in [0.2, 0.25) is 0 Å². The zero-order valence-corrected chi connectivity index (χ0v) is 17.0. The molecule has 2 aromatic rings. The molecule has 0 unspecified atom stereocenters. The van der Waals surface area contributed by atoms with Gasteiger partial charge in [0.2, 0.25) is 12.7 Å². The molecule has 4 rings (SSSR count). The molecule has 7 heteroatoms. The Hall–Kier alpha value is -2.67. The lowest BCUT2D eigenvalue weighted by Crippen LogP contribution is -2.29. The van der Waals surface area contributed by atoms with Crippen LogP contribution in [0.5, 0.6) is 11.5 Å². The molecule has 2 aliphatic rings. The van der Waals surface area contributed by atoms with Gasteiger partial charge in [0.25, 0.3) is 5.91 Å². The van der Waals surface area contributed by atoms with Gasteiger partial charge in [-0.2, -0.15) is 0 Å². The minimum Gasteiger partial charge on any atom is -0.454 e. The topological polar surface area (TPSA) is 67.9 Å². The van der Waals surface area contributed by atoms with E-state index in [-0.39, 0.29) is 18.6 Å². The number of amides is 2. The first-order valence-corrected chi connectivity index (χ1v) is 10.9. The summed E-state index contributed by atoms with van der Waals surface area (Å²) in [5.74, 6) is 1.89. The number of carbonyl (C=O) groups excluding carboxylic acids is 2. The van der Waals surface area contributed by atoms with Crippen molar-refractivity contribution < 1.29 is 19.1 Å². The largest absolute Gasteiger partial charge is 0.454 e. The van der Waals surface area contributed by atoms with Crippen LogP contribution in [0, 0.1) is 0 Å². The van der Waals surface area contributed by atoms with E-state index in [1.807, 2.05) is 41.3 Å². The van der Waals surface area contributed by atoms with Crippen LogP contribution in [-0.4, -0.2) is 48.9 Å². The van der Waals surface area contributed by atoms with Crippen LogP contribution in [0.3, 0.4) is 0 Å². The number of hydrogen-bond acceptors (Lipinski definition) is 5. The summed E-state index contributed by atoms with van der Waals surface area (Å²) in [6, 6.07) is 13.3. The molecule has 29 heavy (non-hydrogen) atoms. The molecule has 2 aliphatic heterocycles. The maximum atomic E-state index is 12.7. The standard InChI is InChI=1S/C22H24N2O4S/c25-21(24-11-3-4-12-24)14-29-20-6-2-1-5-17(20)22(26)23-10-9-16-7-8-18-19(13-16)28-15-27-18/h1-2,5-8,13H,3-4,9-12,14-15H2,(H,23,26). The van der Waals surface area contributed by atoms with Gasteiger partial charge in [-0.05, 0) is 49.1 Å². The van der Waals surface area contributed by atoms with Crippen molar-refractivity contribution in [3.8, 4) is 11.5 Å². The summed E-state index contributed by atoms with van der Waals surface area (Å²) in [7, 11) is 0. The molecule has 2 amide bonds. The highest BCUT2D eigenvalue weighted by Crippen LogP contribution is 2.32. The zero-order valence-electron chi connectivity index (χ0n) is 16.2. The summed E-state index contributed by atoms with van der Waals surface area (Å²) in [5, 5.41) is 2.98. The average molecular weight is 413 g/mol. The third kappa shape index (κ3) is 4.85. The van der Waals surface area contributed by atoms with E-state index in [1.165, 1.54) is 11.8 Å². The summed E-state index contributed by atoms with van der Waals surface area (Å²) in [4.78, 5) is 27.7. The number of fused-ring (bicyclic) bond motifs is 1. The van der Waals surface area contributed by atoms with Crippen molar-refractivity contribution in [2.75, 3.05) is 32.2 Å². The number of carbonyl (C=O) groups is 2. The molecule has 2 aromatic carbocycles. The van der Waals surface area contributed by atoms with E-state index in [1.54, 1.807) is 6.07 Å². The predicted octanol–water partition coefficient (Wildman–Crippen LogP) is 3.10. The van der Waals surface area contributed by atoms with E-state index < -0.39 is 0 Å². The number of nitrogens with one attached hydrogen (secondary N) is 1. The second-order valence-corrected chi connectivity index (χ2v) is 8.08. The van der Waals surface area contributed by atoms with Gasteiger partial charge in [-0.1, -0.05) is 18.2 Å². The molecule has 0 saturated carbocycles. The van der Waals surface area contributed by atoms with Crippen molar-refractivity contribution in [2.45, 2.75) is 24.2 Å². The molecule has 1 fully saturated rings. The van der Waals surface area contributed by atoms with Crippen LogP contribution >= 0.6 is 11.8 Å². The Labute approximate surface area is 174 Å². The molecule has 0 atom stereocenters. The highest BCUT2D eigenvalue weighted by atomic mass is 32.2. The van der Waals surface area contributed by atoms with Gasteiger partial charge in [0.15, 0.2) is 11.5 Å². The first-order valence-electron chi connectivity index (χ1n) is 9.87. The molecule has 1 saturated heterocycles. The Morgan fingerprint density at radius 2 is 1.83 bits per heavy atom. The van der Waals surface area contributed by atoms with Crippen molar-refractivity contribution in [3.63, 3.8) is 0 Å². The maximum Gasteiger partial charge on any atom is 0.252 e. The first-order chi connectivity index (χ1) is 14.2. The van der Waals surface area contributed by atoms with Crippen molar-refractivity contribution >= 4 is 23.6 Å². The molecule has 0 aromatic heterocycles. The molecule has 152 valence electrons. The average Bonchev–Trinajstić information content (AvgIpc) is 3.44. The monoisotopic (exact) mass is 412 g/mol. The fourth-order valence-corrected chi connectivity index (χ4v) is 4.44. The van der Waals surface area contributed by atoms with E-state index in [0.717, 1.165) is 47.9 Å². The summed E-state index contributed by atoms with van der Waals surface area (Å²) in [5.41, 5.74) is 1.69. The smallest absolute Gasteiger partial charge is 0.252 e. The van der Waals surface area contributed by atoms with E-state index in [2.05, 4.69) is 5.32 Å². The molecule has 0 radical (unpaired) electrons. The normalized spacial score (nSPS) is 14.8. The predicted molar refractivity (Wildman–Crippen MR) is 112 cm³/mol. The molecule has 0 bridgehead atoms. The Morgan fingerprint density at radius 1 is 1.03 bits per heavy atom. The lowest BCUT2D eigenvalue weighted by atomic mass is 10.1. The number of ether oxygens (including phenoxy) is 2. The van der Waals surface area contributed by atoms with Gasteiger partial charge in [-0.15, -0.1) is 11.8 Å². The Balaban J connectivity index is 1.30. The van der Waals surface area contributed by atoms with Crippen LogP contribution in [-0.2, 0) is 11.2 Å². The minimum absolute atomic E-state index is 0.123. The van der Waals surface area contributed by atoms with Gasteiger partial charge < -0.3 is 19.7 Å². The second kappa shape index (κ2) is 9.22. The summed E-state index contributed by atoms with van der Waals surface area (Å²) >= 11 is 1.43. The number of thioether (sulfide) groups is 1. The Kier molecular flexibility index (Phi) is 6.24. The van der Waals surface area contributed by atoms with Crippen LogP contribution in [0.4, 0.5) is 0 Å². The van der Waals surface area contributed by atoms with Gasteiger partial charge >= 0.3 is 0 Å². The number of hydrogen-bond donors (Lipinski definition) is 1. The molecule has 0 aliphatic carbocycles. The third-order valence-corrected chi connectivity index (χ3v) is 6.14. The number of rotatable bonds is 7. The summed E-state index contributed by atoms with van der Waals surface area (Å²) in [6.07, 6.45) is 2.86. The van der Waals surface area contributed by atoms with E-state index in [9.17, 15) is 9.59 Å². The van der Waals surface area contributed by atoms with Crippen molar-refractivity contribution in [1.29, 1.82) is 0 Å². The van der Waals surface area contributed by atoms with Crippen LogP contribution in [0.15, 0.2) is 47.4 Å². The highest BCUT2D eigenvalue weighted by Gasteiger charge is 2.19. The number of likely N-dealkylation sites (tertiary alicyclic amines) is 1. The summed E-state index contributed by atoms with van der Waals surface area (Å²) < 4.78 is 10.7. The molecule has 0 spiro atoms. The summed E-state index contributed by atoms with van der Waals surface area (Å²) in [6.45, 7) is 2.47. The van der Waals surface area contributed by atoms with Crippen molar-refractivity contribution in [1.82, 2.24) is 10.2 Å². The minimum atomic E-state index is -0.123. The first kappa shape index (κ1) is 19.6. The zero-order chi connectivity index (χ0) is 20.1. The van der Waals surface area contributed by atoms with Gasteiger partial charge in [0, 0.05) is 24.5 Å². The van der Waals surface area contributed by atoms with E-state index >= 15 is 0 Å². The van der Waals surface area contributed by atoms with Gasteiger partial charge in [-0.3, -0.25) is 9.59 Å². The molecular formula is C22H24N2O4S. The number of benzene rings is 2. The quantitative estimate of drug-likeness (QED) is 0.708. The fourth-order valence-electron chi connectivity index (χ4n) is 3.49. The van der Waals surface area contributed by atoms with Gasteiger partial charge in [-0.25, -0.2) is 0 Å². The molecular weight excluding hydrogens is 388 g/mol. The Morgan fingerprint density at radius 3 is 2.69 bits per heavy atom. The highest BCUT2D eigenvalue weighted by molar-refractivity contribution is 8.00. The molecule has 6 nitrogen and oxygen atoms in total. The fraction of sp³-hybridized carbons (Fsp3) is 0.364. The lowest BCUT2D eigenvalue weighted by Gasteiger charge is -2.15. The molecule has 1 N–H and O–H groups in total. The van der Waals surface area contributed by atoms with Gasteiger partial charge in [0.1, 0.15) is 0 Å². The third-order valence-electron chi connectivity index (χ3n) is 5.08. The van der Waals surface area contributed by atoms with E-state index in [4.69, 9.17) is 9.47 Å². The second-order valence-electron chi connectivity index (χ2n) is 7.07. The van der Waals surface area contributed by atoms with Crippen molar-refractivity contribution in [2.24, 2.45) is 0 Å². The van der Waals surface area contributed by atoms with Crippen LogP contribution in [0.1, 0.15) is 28.8 Å². The van der Waals surface area contributed by atoms with Gasteiger partial charge in [0.05, 0.1) is 11.3 Å². The van der Waals surface area contributed by atoms with E-state index in [0.29, 0.717) is 24.3 Å². The van der Waals surface area contributed by atoms with Crippen molar-refractivity contribution in [3.05, 3.63) is 53.6 Å². The van der Waals surface area contributed by atoms with Crippen LogP contribution in [0.25, 0.3) is 0 Å². The lowest BCUT2D eigenvalue weighted by molar-refractivity contribution is -0.127. The van der Waals surface area contributed by atoms with Crippen LogP contribution < -0.4 is 14.8 Å². The number of nitrogens with zero attached hydrogens (tertiary/aromatic N) is 1. The Bertz CT molecular complexity index is 896. The molecule has 2 heterocycles.